The maximum atomic E-state index is 12.3. The van der Waals surface area contributed by atoms with Crippen molar-refractivity contribution in [1.82, 2.24) is 9.88 Å². The van der Waals surface area contributed by atoms with Gasteiger partial charge in [0.15, 0.2) is 0 Å². The van der Waals surface area contributed by atoms with Gasteiger partial charge in [0.1, 0.15) is 6.54 Å². The molecule has 0 bridgehead atoms. The first-order valence-corrected chi connectivity index (χ1v) is 6.35. The summed E-state index contributed by atoms with van der Waals surface area (Å²) in [4.78, 5) is 29.1. The van der Waals surface area contributed by atoms with Gasteiger partial charge in [-0.05, 0) is 19.4 Å². The normalized spacial score (nSPS) is 10.1. The summed E-state index contributed by atoms with van der Waals surface area (Å²) in [5.41, 5.74) is 1.03. The number of ether oxygens (including phenoxy) is 1. The number of carbonyl (C=O) groups excluding carboxylic acids is 2. The van der Waals surface area contributed by atoms with E-state index in [9.17, 15) is 9.59 Å². The molecule has 0 spiro atoms. The van der Waals surface area contributed by atoms with Gasteiger partial charge in [-0.1, -0.05) is 18.5 Å². The zero-order valence-corrected chi connectivity index (χ0v) is 12.0. The fraction of sp³-hybridized carbons (Fsp3) is 0.462. The number of rotatable bonds is 5. The molecule has 5 nitrogen and oxygen atoms in total. The fourth-order valence-electron chi connectivity index (χ4n) is 1.60. The van der Waals surface area contributed by atoms with Gasteiger partial charge in [-0.25, -0.2) is 0 Å². The zero-order valence-electron chi connectivity index (χ0n) is 11.3. The highest BCUT2D eigenvalue weighted by molar-refractivity contribution is 6.33. The lowest BCUT2D eigenvalue weighted by Crippen LogP contribution is -2.37. The van der Waals surface area contributed by atoms with Crippen molar-refractivity contribution in [2.24, 2.45) is 0 Å². The van der Waals surface area contributed by atoms with Crippen LogP contribution in [0.2, 0.25) is 5.02 Å². The number of methoxy groups -OCH3 is 1. The number of hydrogen-bond acceptors (Lipinski definition) is 4. The van der Waals surface area contributed by atoms with Gasteiger partial charge in [0.05, 0.1) is 17.7 Å². The van der Waals surface area contributed by atoms with E-state index in [1.165, 1.54) is 18.2 Å². The number of halogens is 1. The Hall–Kier alpha value is -1.62. The summed E-state index contributed by atoms with van der Waals surface area (Å²) in [6.07, 6.45) is 2.17. The molecular formula is C13H17ClN2O3. The quantitative estimate of drug-likeness (QED) is 0.777. The molecule has 104 valence electrons. The van der Waals surface area contributed by atoms with Gasteiger partial charge in [0.25, 0.3) is 5.91 Å². The van der Waals surface area contributed by atoms with Crippen molar-refractivity contribution in [3.63, 3.8) is 0 Å². The lowest BCUT2D eigenvalue weighted by atomic mass is 10.2. The van der Waals surface area contributed by atoms with Crippen LogP contribution in [-0.4, -0.2) is 42.0 Å². The van der Waals surface area contributed by atoms with Crippen molar-refractivity contribution < 1.29 is 14.3 Å². The first-order valence-electron chi connectivity index (χ1n) is 5.97. The second-order valence-electron chi connectivity index (χ2n) is 4.11. The maximum Gasteiger partial charge on any atom is 0.325 e. The standard InChI is InChI=1S/C13H17ClN2O3/c1-4-5-16(8-12(17)19-3)13(18)10-7-15-9(2)6-11(10)14/h6-7H,4-5,8H2,1-3H3. The molecule has 0 aromatic carbocycles. The largest absolute Gasteiger partial charge is 0.468 e. The van der Waals surface area contributed by atoms with Gasteiger partial charge in [-0.3, -0.25) is 14.6 Å². The predicted octanol–water partition coefficient (Wildman–Crippen LogP) is 2.07. The van der Waals surface area contributed by atoms with Gasteiger partial charge in [0, 0.05) is 18.4 Å². The Morgan fingerprint density at radius 1 is 1.47 bits per heavy atom. The molecule has 6 heteroatoms. The first-order chi connectivity index (χ1) is 8.99. The van der Waals surface area contributed by atoms with Crippen molar-refractivity contribution in [3.05, 3.63) is 28.5 Å². The minimum Gasteiger partial charge on any atom is -0.468 e. The molecule has 0 saturated heterocycles. The summed E-state index contributed by atoms with van der Waals surface area (Å²) >= 11 is 6.04. The molecule has 1 heterocycles. The van der Waals surface area contributed by atoms with E-state index in [0.717, 1.165) is 12.1 Å². The third kappa shape index (κ3) is 4.21. The summed E-state index contributed by atoms with van der Waals surface area (Å²) in [7, 11) is 1.29. The number of nitrogens with zero attached hydrogens (tertiary/aromatic N) is 2. The van der Waals surface area contributed by atoms with Crippen LogP contribution in [0.1, 0.15) is 29.4 Å². The summed E-state index contributed by atoms with van der Waals surface area (Å²) in [6.45, 7) is 4.08. The summed E-state index contributed by atoms with van der Waals surface area (Å²) < 4.78 is 4.58. The molecule has 1 aromatic heterocycles. The number of aromatic nitrogens is 1. The Morgan fingerprint density at radius 3 is 2.68 bits per heavy atom. The molecule has 0 aliphatic heterocycles. The molecule has 1 aromatic rings. The molecule has 19 heavy (non-hydrogen) atoms. The van der Waals surface area contributed by atoms with E-state index < -0.39 is 5.97 Å². The van der Waals surface area contributed by atoms with E-state index in [2.05, 4.69) is 9.72 Å². The number of esters is 1. The van der Waals surface area contributed by atoms with Crippen molar-refractivity contribution in [2.75, 3.05) is 20.2 Å². The molecule has 1 rings (SSSR count). The van der Waals surface area contributed by atoms with Crippen LogP contribution < -0.4 is 0 Å². The number of aryl methyl sites for hydroxylation is 1. The van der Waals surface area contributed by atoms with Crippen molar-refractivity contribution in [1.29, 1.82) is 0 Å². The van der Waals surface area contributed by atoms with Crippen LogP contribution in [-0.2, 0) is 9.53 Å². The molecular weight excluding hydrogens is 268 g/mol. The third-order valence-corrected chi connectivity index (χ3v) is 2.86. The average molecular weight is 285 g/mol. The number of amides is 1. The predicted molar refractivity (Wildman–Crippen MR) is 72.2 cm³/mol. The molecule has 0 atom stereocenters. The molecule has 0 aliphatic carbocycles. The van der Waals surface area contributed by atoms with Crippen LogP contribution in [0.3, 0.4) is 0 Å². The molecule has 0 radical (unpaired) electrons. The summed E-state index contributed by atoms with van der Waals surface area (Å²) in [5, 5.41) is 0.337. The van der Waals surface area contributed by atoms with E-state index in [4.69, 9.17) is 11.6 Å². The number of hydrogen-bond donors (Lipinski definition) is 0. The van der Waals surface area contributed by atoms with Gasteiger partial charge >= 0.3 is 5.97 Å². The Balaban J connectivity index is 2.95. The maximum absolute atomic E-state index is 12.3. The van der Waals surface area contributed by atoms with Crippen LogP contribution in [0.25, 0.3) is 0 Å². The minimum absolute atomic E-state index is 0.0899. The fourth-order valence-corrected chi connectivity index (χ4v) is 1.88. The molecule has 1 amide bonds. The lowest BCUT2D eigenvalue weighted by molar-refractivity contribution is -0.141. The van der Waals surface area contributed by atoms with Crippen LogP contribution >= 0.6 is 11.6 Å². The molecule has 0 saturated carbocycles. The van der Waals surface area contributed by atoms with Crippen LogP contribution in [0, 0.1) is 6.92 Å². The molecule has 0 unspecified atom stereocenters. The highest BCUT2D eigenvalue weighted by atomic mass is 35.5. The highest BCUT2D eigenvalue weighted by Crippen LogP contribution is 2.18. The van der Waals surface area contributed by atoms with E-state index in [0.29, 0.717) is 17.1 Å². The molecule has 0 N–H and O–H groups in total. The van der Waals surface area contributed by atoms with Gasteiger partial charge in [-0.15, -0.1) is 0 Å². The third-order valence-electron chi connectivity index (χ3n) is 2.55. The Kier molecular flexibility index (Phi) is 5.76. The van der Waals surface area contributed by atoms with Gasteiger partial charge in [-0.2, -0.15) is 0 Å². The van der Waals surface area contributed by atoms with Crippen LogP contribution in [0.15, 0.2) is 12.3 Å². The van der Waals surface area contributed by atoms with Gasteiger partial charge < -0.3 is 9.64 Å². The summed E-state index contributed by atoms with van der Waals surface area (Å²) in [5.74, 6) is -0.775. The van der Waals surface area contributed by atoms with E-state index >= 15 is 0 Å². The van der Waals surface area contributed by atoms with Crippen molar-refractivity contribution in [2.45, 2.75) is 20.3 Å². The molecule has 0 fully saturated rings. The average Bonchev–Trinajstić information content (AvgIpc) is 2.37. The van der Waals surface area contributed by atoms with E-state index in [1.807, 2.05) is 6.92 Å². The Labute approximate surface area is 117 Å². The smallest absolute Gasteiger partial charge is 0.325 e. The monoisotopic (exact) mass is 284 g/mol. The van der Waals surface area contributed by atoms with Crippen LogP contribution in [0.5, 0.6) is 0 Å². The Morgan fingerprint density at radius 2 is 2.16 bits per heavy atom. The van der Waals surface area contributed by atoms with Crippen molar-refractivity contribution in [3.8, 4) is 0 Å². The Bertz CT molecular complexity index is 477. The second-order valence-corrected chi connectivity index (χ2v) is 4.52. The SMILES string of the molecule is CCCN(CC(=O)OC)C(=O)c1cnc(C)cc1Cl. The van der Waals surface area contributed by atoms with E-state index in [1.54, 1.807) is 13.0 Å². The number of carbonyl (C=O) groups is 2. The topological polar surface area (TPSA) is 59.5 Å². The number of pyridine rings is 1. The zero-order chi connectivity index (χ0) is 14.4. The minimum atomic E-state index is -0.460. The van der Waals surface area contributed by atoms with Gasteiger partial charge in [0.2, 0.25) is 0 Å². The summed E-state index contributed by atoms with van der Waals surface area (Å²) in [6, 6.07) is 1.62. The van der Waals surface area contributed by atoms with Crippen LogP contribution in [0.4, 0.5) is 0 Å². The molecule has 0 aliphatic rings. The second kappa shape index (κ2) is 7.09. The van der Waals surface area contributed by atoms with Crippen molar-refractivity contribution >= 4 is 23.5 Å². The highest BCUT2D eigenvalue weighted by Gasteiger charge is 2.21. The van der Waals surface area contributed by atoms with E-state index in [-0.39, 0.29) is 12.5 Å². The lowest BCUT2D eigenvalue weighted by Gasteiger charge is -2.21. The first kappa shape index (κ1) is 15.4.